The maximum Gasteiger partial charge on any atom is 0.410 e. The van der Waals surface area contributed by atoms with Gasteiger partial charge in [-0.1, -0.05) is 6.92 Å². The van der Waals surface area contributed by atoms with Crippen LogP contribution in [0.2, 0.25) is 0 Å². The standard InChI is InChI=1S/C13H21F2NO4/c1-8(10(17)18)5-9-6-13(14,15)7-16(9)11(19)20-12(2,3)4/h8-9H,5-7H2,1-4H3,(H,17,18)/t8?,9-/m1/s1. The molecule has 0 aromatic carbocycles. The summed E-state index contributed by atoms with van der Waals surface area (Å²) in [4.78, 5) is 23.7. The number of hydrogen-bond acceptors (Lipinski definition) is 3. The van der Waals surface area contributed by atoms with Crippen molar-refractivity contribution in [3.05, 3.63) is 0 Å². The SMILES string of the molecule is CC(C[C@@H]1CC(F)(F)CN1C(=O)OC(C)(C)C)C(=O)O. The molecule has 2 atom stereocenters. The molecular formula is C13H21F2NO4. The second-order valence-electron chi connectivity index (χ2n) is 6.30. The van der Waals surface area contributed by atoms with Gasteiger partial charge in [-0.15, -0.1) is 0 Å². The lowest BCUT2D eigenvalue weighted by atomic mass is 10.00. The number of hydrogen-bond donors (Lipinski definition) is 1. The van der Waals surface area contributed by atoms with Crippen LogP contribution >= 0.6 is 0 Å². The molecule has 1 aliphatic heterocycles. The van der Waals surface area contributed by atoms with Gasteiger partial charge in [-0.2, -0.15) is 0 Å². The first-order valence-electron chi connectivity index (χ1n) is 6.51. The van der Waals surface area contributed by atoms with Crippen LogP contribution in [0, 0.1) is 5.92 Å². The number of nitrogens with zero attached hydrogens (tertiary/aromatic N) is 1. The fourth-order valence-corrected chi connectivity index (χ4v) is 2.15. The summed E-state index contributed by atoms with van der Waals surface area (Å²) in [5.41, 5.74) is -0.780. The molecule has 0 spiro atoms. The molecular weight excluding hydrogens is 272 g/mol. The molecule has 1 unspecified atom stereocenters. The molecule has 0 aromatic heterocycles. The van der Waals surface area contributed by atoms with Crippen molar-refractivity contribution in [2.24, 2.45) is 5.92 Å². The Balaban J connectivity index is 2.80. The zero-order valence-corrected chi connectivity index (χ0v) is 12.2. The van der Waals surface area contributed by atoms with Crippen LogP contribution in [0.1, 0.15) is 40.5 Å². The van der Waals surface area contributed by atoms with E-state index in [1.165, 1.54) is 6.92 Å². The lowest BCUT2D eigenvalue weighted by molar-refractivity contribution is -0.141. The Bertz CT molecular complexity index is 392. The Kier molecular flexibility index (Phi) is 4.61. The monoisotopic (exact) mass is 293 g/mol. The Morgan fingerprint density at radius 2 is 2.00 bits per heavy atom. The molecule has 7 heteroatoms. The van der Waals surface area contributed by atoms with Gasteiger partial charge in [0.2, 0.25) is 0 Å². The summed E-state index contributed by atoms with van der Waals surface area (Å²) in [6.45, 7) is 5.65. The van der Waals surface area contributed by atoms with E-state index in [4.69, 9.17) is 9.84 Å². The second kappa shape index (κ2) is 5.54. The fraction of sp³-hybridized carbons (Fsp3) is 0.846. The Hall–Kier alpha value is -1.40. The first-order valence-corrected chi connectivity index (χ1v) is 6.51. The minimum absolute atomic E-state index is 0.00976. The number of aliphatic carboxylic acids is 1. The van der Waals surface area contributed by atoms with Gasteiger partial charge in [-0.05, 0) is 27.2 Å². The molecule has 1 rings (SSSR count). The van der Waals surface area contributed by atoms with Crippen LogP contribution in [0.4, 0.5) is 13.6 Å². The highest BCUT2D eigenvalue weighted by Crippen LogP contribution is 2.35. The minimum atomic E-state index is -3.00. The third kappa shape index (κ3) is 4.61. The van der Waals surface area contributed by atoms with E-state index < -0.39 is 48.5 Å². The summed E-state index contributed by atoms with van der Waals surface area (Å²) in [5, 5.41) is 8.86. The smallest absolute Gasteiger partial charge is 0.410 e. The number of likely N-dealkylation sites (tertiary alicyclic amines) is 1. The van der Waals surface area contributed by atoms with Gasteiger partial charge in [-0.3, -0.25) is 9.69 Å². The van der Waals surface area contributed by atoms with Gasteiger partial charge in [-0.25, -0.2) is 13.6 Å². The van der Waals surface area contributed by atoms with Crippen molar-refractivity contribution in [2.45, 2.75) is 58.1 Å². The third-order valence-corrected chi connectivity index (χ3v) is 3.05. The minimum Gasteiger partial charge on any atom is -0.481 e. The third-order valence-electron chi connectivity index (χ3n) is 3.05. The molecule has 1 aliphatic rings. The molecule has 5 nitrogen and oxygen atoms in total. The molecule has 0 radical (unpaired) electrons. The average molecular weight is 293 g/mol. The van der Waals surface area contributed by atoms with Crippen LogP contribution < -0.4 is 0 Å². The highest BCUT2D eigenvalue weighted by molar-refractivity contribution is 5.71. The van der Waals surface area contributed by atoms with E-state index in [1.807, 2.05) is 0 Å². The number of halogens is 2. The number of ether oxygens (including phenoxy) is 1. The van der Waals surface area contributed by atoms with Crippen LogP contribution in [0.25, 0.3) is 0 Å². The van der Waals surface area contributed by atoms with Crippen molar-refractivity contribution >= 4 is 12.1 Å². The van der Waals surface area contributed by atoms with E-state index >= 15 is 0 Å². The van der Waals surface area contributed by atoms with Crippen LogP contribution in [0.5, 0.6) is 0 Å². The Labute approximate surface area is 116 Å². The maximum absolute atomic E-state index is 13.5. The average Bonchev–Trinajstić information content (AvgIpc) is 2.51. The van der Waals surface area contributed by atoms with E-state index in [0.29, 0.717) is 0 Å². The van der Waals surface area contributed by atoms with Gasteiger partial charge < -0.3 is 9.84 Å². The van der Waals surface area contributed by atoms with Crippen molar-refractivity contribution in [3.63, 3.8) is 0 Å². The van der Waals surface area contributed by atoms with Gasteiger partial charge >= 0.3 is 12.1 Å². The highest BCUT2D eigenvalue weighted by Gasteiger charge is 2.48. The van der Waals surface area contributed by atoms with Gasteiger partial charge in [0.05, 0.1) is 12.5 Å². The number of carboxylic acids is 1. The quantitative estimate of drug-likeness (QED) is 0.869. The van der Waals surface area contributed by atoms with Gasteiger partial charge in [0.15, 0.2) is 0 Å². The molecule has 1 fully saturated rings. The summed E-state index contributed by atoms with van der Waals surface area (Å²) in [7, 11) is 0. The molecule has 1 N–H and O–H groups in total. The molecule has 1 amide bonds. The molecule has 0 aliphatic carbocycles. The number of amides is 1. The zero-order chi connectivity index (χ0) is 15.7. The summed E-state index contributed by atoms with van der Waals surface area (Å²) < 4.78 is 32.1. The predicted molar refractivity (Wildman–Crippen MR) is 67.7 cm³/mol. The van der Waals surface area contributed by atoms with Gasteiger partial charge in [0.1, 0.15) is 5.60 Å². The molecule has 116 valence electrons. The highest BCUT2D eigenvalue weighted by atomic mass is 19.3. The summed E-state index contributed by atoms with van der Waals surface area (Å²) >= 11 is 0. The van der Waals surface area contributed by atoms with Crippen molar-refractivity contribution in [2.75, 3.05) is 6.54 Å². The summed E-state index contributed by atoms with van der Waals surface area (Å²) in [6.07, 6.45) is -1.36. The predicted octanol–water partition coefficient (Wildman–Crippen LogP) is 2.74. The zero-order valence-electron chi connectivity index (χ0n) is 12.2. The number of rotatable bonds is 3. The van der Waals surface area contributed by atoms with Crippen LogP contribution in [-0.4, -0.2) is 46.2 Å². The van der Waals surface area contributed by atoms with E-state index in [1.54, 1.807) is 20.8 Å². The number of carbonyl (C=O) groups is 2. The molecule has 1 saturated heterocycles. The topological polar surface area (TPSA) is 66.8 Å². The molecule has 1 heterocycles. The van der Waals surface area contributed by atoms with E-state index in [9.17, 15) is 18.4 Å². The molecule has 0 saturated carbocycles. The van der Waals surface area contributed by atoms with Crippen LogP contribution in [-0.2, 0) is 9.53 Å². The number of alkyl halides is 2. The molecule has 0 aromatic rings. The second-order valence-corrected chi connectivity index (χ2v) is 6.30. The van der Waals surface area contributed by atoms with Crippen LogP contribution in [0.15, 0.2) is 0 Å². The summed E-state index contributed by atoms with van der Waals surface area (Å²) in [5.74, 6) is -4.86. The Morgan fingerprint density at radius 3 is 2.45 bits per heavy atom. The first kappa shape index (κ1) is 16.7. The summed E-state index contributed by atoms with van der Waals surface area (Å²) in [6, 6.07) is -0.814. The normalized spacial score (nSPS) is 23.5. The van der Waals surface area contributed by atoms with Gasteiger partial charge in [0.25, 0.3) is 5.92 Å². The van der Waals surface area contributed by atoms with E-state index in [-0.39, 0.29) is 6.42 Å². The maximum atomic E-state index is 13.5. The fourth-order valence-electron chi connectivity index (χ4n) is 2.15. The molecule has 0 bridgehead atoms. The first-order chi connectivity index (χ1) is 8.91. The Morgan fingerprint density at radius 1 is 1.45 bits per heavy atom. The van der Waals surface area contributed by atoms with E-state index in [2.05, 4.69) is 0 Å². The van der Waals surface area contributed by atoms with Crippen molar-refractivity contribution in [1.29, 1.82) is 0 Å². The lowest BCUT2D eigenvalue weighted by Crippen LogP contribution is -2.41. The lowest BCUT2D eigenvalue weighted by Gasteiger charge is -2.28. The molecule has 20 heavy (non-hydrogen) atoms. The largest absolute Gasteiger partial charge is 0.481 e. The van der Waals surface area contributed by atoms with Crippen LogP contribution in [0.3, 0.4) is 0 Å². The van der Waals surface area contributed by atoms with Crippen molar-refractivity contribution < 1.29 is 28.2 Å². The van der Waals surface area contributed by atoms with Gasteiger partial charge in [0, 0.05) is 12.5 Å². The van der Waals surface area contributed by atoms with Crippen molar-refractivity contribution in [1.82, 2.24) is 4.90 Å². The van der Waals surface area contributed by atoms with E-state index in [0.717, 1.165) is 4.90 Å². The van der Waals surface area contributed by atoms with Crippen molar-refractivity contribution in [3.8, 4) is 0 Å². The number of carboxylic acid groups (broad SMARTS) is 1. The number of carbonyl (C=O) groups excluding carboxylic acids is 1.